The van der Waals surface area contributed by atoms with Crippen LogP contribution in [0.3, 0.4) is 0 Å². The van der Waals surface area contributed by atoms with E-state index < -0.39 is 45.6 Å². The van der Waals surface area contributed by atoms with E-state index in [0.717, 1.165) is 17.6 Å². The fourth-order valence-corrected chi connectivity index (χ4v) is 3.85. The number of aromatic amines is 1. The average Bonchev–Trinajstić information content (AvgIpc) is 3.00. The molecule has 3 aromatic rings. The average molecular weight is 404 g/mol. The number of halogens is 1. The van der Waals surface area contributed by atoms with Crippen LogP contribution in [-0.2, 0) is 19.6 Å². The van der Waals surface area contributed by atoms with Crippen LogP contribution >= 0.6 is 0 Å². The van der Waals surface area contributed by atoms with Gasteiger partial charge >= 0.3 is 5.97 Å². The van der Waals surface area contributed by atoms with Crippen molar-refractivity contribution in [2.24, 2.45) is 0 Å². The summed E-state index contributed by atoms with van der Waals surface area (Å²) in [5, 5.41) is 0.710. The second-order valence-electron chi connectivity index (χ2n) is 6.01. The largest absolute Gasteiger partial charge is 0.456 e. The maximum atomic E-state index is 13.6. The molecule has 0 radical (unpaired) electrons. The molecule has 1 heterocycles. The summed E-state index contributed by atoms with van der Waals surface area (Å²) in [6.45, 7) is 0.470. The van der Waals surface area contributed by atoms with E-state index in [0.29, 0.717) is 16.6 Å². The highest BCUT2D eigenvalue weighted by atomic mass is 32.2. The standard InChI is InChI=1S/C19H17FN2O5S/c1-12-19(13-6-2-4-8-15(13)22-12)16(23)11-27-18(24)10-21-28(25,26)17-9-5-3-7-14(17)20/h2-9,21-22H,10-11H2,1H3. The molecule has 0 saturated carbocycles. The van der Waals surface area contributed by atoms with Crippen molar-refractivity contribution in [3.05, 3.63) is 65.6 Å². The number of carbonyl (C=O) groups is 2. The normalized spacial score (nSPS) is 11.5. The molecule has 0 bridgehead atoms. The van der Waals surface area contributed by atoms with Gasteiger partial charge < -0.3 is 9.72 Å². The monoisotopic (exact) mass is 404 g/mol. The maximum Gasteiger partial charge on any atom is 0.321 e. The van der Waals surface area contributed by atoms with Crippen LogP contribution in [0.2, 0.25) is 0 Å². The molecule has 0 unspecified atom stereocenters. The fraction of sp³-hybridized carbons (Fsp3) is 0.158. The van der Waals surface area contributed by atoms with E-state index in [4.69, 9.17) is 4.74 Å². The number of esters is 1. The van der Waals surface area contributed by atoms with E-state index in [2.05, 4.69) is 4.98 Å². The molecule has 9 heteroatoms. The van der Waals surface area contributed by atoms with Gasteiger partial charge in [-0.05, 0) is 25.1 Å². The second-order valence-corrected chi connectivity index (χ2v) is 7.74. The minimum Gasteiger partial charge on any atom is -0.456 e. The van der Waals surface area contributed by atoms with Gasteiger partial charge in [-0.25, -0.2) is 12.8 Å². The van der Waals surface area contributed by atoms with Crippen LogP contribution in [0.4, 0.5) is 4.39 Å². The summed E-state index contributed by atoms with van der Waals surface area (Å²) in [6, 6.07) is 12.0. The van der Waals surface area contributed by atoms with Crippen LogP contribution in [0.15, 0.2) is 53.4 Å². The molecule has 28 heavy (non-hydrogen) atoms. The Balaban J connectivity index is 1.61. The first-order valence-corrected chi connectivity index (χ1v) is 9.78. The van der Waals surface area contributed by atoms with E-state index in [9.17, 15) is 22.4 Å². The van der Waals surface area contributed by atoms with Crippen molar-refractivity contribution in [1.82, 2.24) is 9.71 Å². The topological polar surface area (TPSA) is 105 Å². The Labute approximate surface area is 160 Å². The van der Waals surface area contributed by atoms with Gasteiger partial charge in [-0.3, -0.25) is 9.59 Å². The lowest BCUT2D eigenvalue weighted by molar-refractivity contribution is -0.141. The van der Waals surface area contributed by atoms with E-state index >= 15 is 0 Å². The minimum absolute atomic E-state index is 0.412. The van der Waals surface area contributed by atoms with Gasteiger partial charge in [0.05, 0.1) is 0 Å². The second kappa shape index (κ2) is 7.91. The number of ketones is 1. The Hall–Kier alpha value is -3.04. The number of fused-ring (bicyclic) bond motifs is 1. The van der Waals surface area contributed by atoms with Crippen LogP contribution in [0.25, 0.3) is 10.9 Å². The highest BCUT2D eigenvalue weighted by Gasteiger charge is 2.21. The number of para-hydroxylation sites is 1. The third-order valence-corrected chi connectivity index (χ3v) is 5.50. The van der Waals surface area contributed by atoms with Gasteiger partial charge in [0.25, 0.3) is 0 Å². The van der Waals surface area contributed by atoms with Crippen molar-refractivity contribution in [2.75, 3.05) is 13.2 Å². The number of ether oxygens (including phenoxy) is 1. The van der Waals surface area contributed by atoms with E-state index in [1.807, 2.05) is 16.9 Å². The van der Waals surface area contributed by atoms with E-state index in [1.54, 1.807) is 19.1 Å². The Morgan fingerprint density at radius 3 is 2.54 bits per heavy atom. The first-order chi connectivity index (χ1) is 13.3. The van der Waals surface area contributed by atoms with Crippen LogP contribution in [0, 0.1) is 12.7 Å². The van der Waals surface area contributed by atoms with Crippen molar-refractivity contribution >= 4 is 32.7 Å². The number of sulfonamides is 1. The minimum atomic E-state index is -4.22. The Kier molecular flexibility index (Phi) is 5.57. The molecule has 3 rings (SSSR count). The summed E-state index contributed by atoms with van der Waals surface area (Å²) in [4.78, 5) is 26.8. The zero-order chi connectivity index (χ0) is 20.3. The predicted octanol–water partition coefficient (Wildman–Crippen LogP) is 2.32. The summed E-state index contributed by atoms with van der Waals surface area (Å²) in [6.07, 6.45) is 0. The number of Topliss-reactive ketones (excluding diaryl/α,β-unsaturated/α-hetero) is 1. The van der Waals surface area contributed by atoms with Gasteiger partial charge in [0.15, 0.2) is 6.61 Å². The van der Waals surface area contributed by atoms with Gasteiger partial charge in [-0.1, -0.05) is 30.3 Å². The van der Waals surface area contributed by atoms with Crippen molar-refractivity contribution < 1.29 is 27.1 Å². The van der Waals surface area contributed by atoms with Crippen molar-refractivity contribution in [2.45, 2.75) is 11.8 Å². The smallest absolute Gasteiger partial charge is 0.321 e. The Bertz CT molecular complexity index is 1150. The molecule has 0 aliphatic rings. The molecule has 0 saturated heterocycles. The third kappa shape index (κ3) is 4.10. The summed E-state index contributed by atoms with van der Waals surface area (Å²) in [5.74, 6) is -2.31. The van der Waals surface area contributed by atoms with Gasteiger partial charge in [0.1, 0.15) is 17.3 Å². The van der Waals surface area contributed by atoms with E-state index in [1.165, 1.54) is 12.1 Å². The number of hydrogen-bond donors (Lipinski definition) is 2. The number of H-pyrrole nitrogens is 1. The Morgan fingerprint density at radius 2 is 1.79 bits per heavy atom. The first-order valence-electron chi connectivity index (χ1n) is 8.30. The fourth-order valence-electron chi connectivity index (χ4n) is 2.80. The highest BCUT2D eigenvalue weighted by Crippen LogP contribution is 2.22. The molecular formula is C19H17FN2O5S. The highest BCUT2D eigenvalue weighted by molar-refractivity contribution is 7.89. The number of aryl methyl sites for hydroxylation is 1. The van der Waals surface area contributed by atoms with Crippen LogP contribution < -0.4 is 4.72 Å². The number of carbonyl (C=O) groups excluding carboxylic acids is 2. The van der Waals surface area contributed by atoms with Crippen LogP contribution in [0.5, 0.6) is 0 Å². The molecule has 1 aromatic heterocycles. The van der Waals surface area contributed by atoms with Gasteiger partial charge in [0.2, 0.25) is 15.8 Å². The molecule has 0 aliphatic carbocycles. The summed E-state index contributed by atoms with van der Waals surface area (Å²) >= 11 is 0. The van der Waals surface area contributed by atoms with Gasteiger partial charge in [-0.2, -0.15) is 4.72 Å². The molecule has 0 spiro atoms. The summed E-state index contributed by atoms with van der Waals surface area (Å²) in [7, 11) is -4.22. The molecular weight excluding hydrogens is 387 g/mol. The molecule has 0 amide bonds. The third-order valence-electron chi connectivity index (χ3n) is 4.07. The molecule has 2 aromatic carbocycles. The lowest BCUT2D eigenvalue weighted by Crippen LogP contribution is -2.32. The summed E-state index contributed by atoms with van der Waals surface area (Å²) in [5.41, 5.74) is 1.84. The van der Waals surface area contributed by atoms with E-state index in [-0.39, 0.29) is 0 Å². The molecule has 0 aliphatic heterocycles. The molecule has 0 fully saturated rings. The molecule has 146 valence electrons. The zero-order valence-corrected chi connectivity index (χ0v) is 15.7. The number of nitrogens with one attached hydrogen (secondary N) is 2. The van der Waals surface area contributed by atoms with Crippen molar-refractivity contribution in [3.63, 3.8) is 0 Å². The van der Waals surface area contributed by atoms with Gasteiger partial charge in [-0.15, -0.1) is 0 Å². The number of aromatic nitrogens is 1. The lowest BCUT2D eigenvalue weighted by Gasteiger charge is -2.08. The number of hydrogen-bond acceptors (Lipinski definition) is 5. The molecule has 0 atom stereocenters. The number of rotatable bonds is 7. The van der Waals surface area contributed by atoms with Crippen molar-refractivity contribution in [1.29, 1.82) is 0 Å². The quantitative estimate of drug-likeness (QED) is 0.464. The molecule has 7 nitrogen and oxygen atoms in total. The maximum absolute atomic E-state index is 13.6. The first kappa shape index (κ1) is 19.7. The Morgan fingerprint density at radius 1 is 1.11 bits per heavy atom. The van der Waals surface area contributed by atoms with Gasteiger partial charge in [0, 0.05) is 22.2 Å². The zero-order valence-electron chi connectivity index (χ0n) is 14.9. The summed E-state index contributed by atoms with van der Waals surface area (Å²) < 4.78 is 44.5. The SMILES string of the molecule is Cc1[nH]c2ccccc2c1C(=O)COC(=O)CNS(=O)(=O)c1ccccc1F. The van der Waals surface area contributed by atoms with Crippen molar-refractivity contribution in [3.8, 4) is 0 Å². The van der Waals surface area contributed by atoms with Crippen LogP contribution in [-0.4, -0.2) is 38.3 Å². The number of benzene rings is 2. The van der Waals surface area contributed by atoms with Crippen LogP contribution in [0.1, 0.15) is 16.1 Å². The molecule has 2 N–H and O–H groups in total. The lowest BCUT2D eigenvalue weighted by atomic mass is 10.1. The predicted molar refractivity (Wildman–Crippen MR) is 99.9 cm³/mol.